The maximum Gasteiger partial charge on any atom is 0.141 e. The molecule has 2 aromatic carbocycles. The van der Waals surface area contributed by atoms with E-state index in [-0.39, 0.29) is 5.75 Å². The Hall–Kier alpha value is -3.69. The number of piperidine rings is 1. The molecule has 2 bridgehead atoms. The van der Waals surface area contributed by atoms with E-state index >= 15 is 0 Å². The van der Waals surface area contributed by atoms with Crippen LogP contribution in [0.25, 0.3) is 32.9 Å². The summed E-state index contributed by atoms with van der Waals surface area (Å²) in [6.45, 7) is 1.84. The van der Waals surface area contributed by atoms with Crippen molar-refractivity contribution in [1.29, 1.82) is 0 Å². The number of aromatic nitrogens is 3. The predicted octanol–water partition coefficient (Wildman–Crippen LogP) is 3.71. The van der Waals surface area contributed by atoms with Gasteiger partial charge in [0, 0.05) is 36.3 Å². The Kier molecular flexibility index (Phi) is 4.27. The monoisotopic (exact) mass is 421 g/mol. The minimum absolute atomic E-state index is 0.142. The van der Waals surface area contributed by atoms with E-state index < -0.39 is 0 Å². The molecule has 2 fully saturated rings. The van der Waals surface area contributed by atoms with Crippen LogP contribution in [0.2, 0.25) is 0 Å². The Morgan fingerprint density at radius 2 is 1.88 bits per heavy atom. The van der Waals surface area contributed by atoms with Crippen LogP contribution in [-0.4, -0.2) is 39.2 Å². The topological polar surface area (TPSA) is 88.2 Å². The highest BCUT2D eigenvalue weighted by Crippen LogP contribution is 2.40. The molecular formula is C26H23N5O. The first-order valence-electron chi connectivity index (χ1n) is 11.0. The summed E-state index contributed by atoms with van der Waals surface area (Å²) in [4.78, 5) is 16.2. The van der Waals surface area contributed by atoms with E-state index in [2.05, 4.69) is 20.8 Å². The van der Waals surface area contributed by atoms with Gasteiger partial charge in [-0.3, -0.25) is 4.98 Å². The maximum atomic E-state index is 10.7. The standard InChI is InChI=1S/C26H23N5O/c1-2-15-4-3-5-16-8-9-22(32)24(23(15)16)21-10-20-19(11-28-21)26(30-14-29-20)31-12-17-6-7-18(13-31)25(17)27/h1,3-5,8-11,14,17-18,25,32H,6-7,12-13,27H2/t17-,18+,25?. The largest absolute Gasteiger partial charge is 0.507 e. The molecule has 3 atom stereocenters. The van der Waals surface area contributed by atoms with Crippen LogP contribution < -0.4 is 10.6 Å². The van der Waals surface area contributed by atoms with E-state index in [0.717, 1.165) is 46.1 Å². The number of fused-ring (bicyclic) bond motifs is 4. The average Bonchev–Trinajstić information content (AvgIpc) is 3.02. The van der Waals surface area contributed by atoms with Gasteiger partial charge in [-0.15, -0.1) is 6.42 Å². The predicted molar refractivity (Wildman–Crippen MR) is 126 cm³/mol. The molecule has 1 saturated carbocycles. The zero-order valence-corrected chi connectivity index (χ0v) is 17.6. The first-order valence-corrected chi connectivity index (χ1v) is 11.0. The number of nitrogens with two attached hydrogens (primary N) is 1. The second-order valence-electron chi connectivity index (χ2n) is 8.87. The van der Waals surface area contributed by atoms with Gasteiger partial charge in [-0.25, -0.2) is 9.97 Å². The molecule has 6 heteroatoms. The molecule has 1 saturated heterocycles. The summed E-state index contributed by atoms with van der Waals surface area (Å²) >= 11 is 0. The molecule has 1 unspecified atom stereocenters. The number of hydrogen-bond donors (Lipinski definition) is 2. The molecular weight excluding hydrogens is 398 g/mol. The van der Waals surface area contributed by atoms with Crippen molar-refractivity contribution in [2.75, 3.05) is 18.0 Å². The van der Waals surface area contributed by atoms with Crippen molar-refractivity contribution in [1.82, 2.24) is 15.0 Å². The molecule has 6 rings (SSSR count). The fourth-order valence-electron chi connectivity index (χ4n) is 5.51. The number of terminal acetylenes is 1. The number of aromatic hydroxyl groups is 1. The average molecular weight is 422 g/mol. The Morgan fingerprint density at radius 3 is 2.66 bits per heavy atom. The number of pyridine rings is 1. The normalized spacial score (nSPS) is 22.4. The summed E-state index contributed by atoms with van der Waals surface area (Å²) in [6.07, 6.45) is 11.5. The van der Waals surface area contributed by atoms with Gasteiger partial charge in [0.05, 0.1) is 22.2 Å². The lowest BCUT2D eigenvalue weighted by Crippen LogP contribution is -2.49. The van der Waals surface area contributed by atoms with Crippen LogP contribution in [0.4, 0.5) is 5.82 Å². The third-order valence-corrected chi connectivity index (χ3v) is 7.14. The van der Waals surface area contributed by atoms with Crippen molar-refractivity contribution in [3.8, 4) is 29.4 Å². The molecule has 3 heterocycles. The molecule has 6 nitrogen and oxygen atoms in total. The first kappa shape index (κ1) is 19.0. The van der Waals surface area contributed by atoms with Crippen molar-refractivity contribution in [3.63, 3.8) is 0 Å². The molecule has 1 aliphatic heterocycles. The Balaban J connectivity index is 1.49. The molecule has 2 aromatic heterocycles. The van der Waals surface area contributed by atoms with Gasteiger partial charge in [-0.2, -0.15) is 0 Å². The zero-order chi connectivity index (χ0) is 21.8. The van der Waals surface area contributed by atoms with E-state index in [9.17, 15) is 5.11 Å². The zero-order valence-electron chi connectivity index (χ0n) is 17.6. The summed E-state index contributed by atoms with van der Waals surface area (Å²) in [5.74, 6) is 4.81. The number of benzene rings is 2. The van der Waals surface area contributed by atoms with Crippen molar-refractivity contribution >= 4 is 27.5 Å². The van der Waals surface area contributed by atoms with E-state index in [1.165, 1.54) is 12.8 Å². The first-order chi connectivity index (χ1) is 15.6. The van der Waals surface area contributed by atoms with Crippen LogP contribution in [0.3, 0.4) is 0 Å². The number of nitrogens with zero attached hydrogens (tertiary/aromatic N) is 4. The summed E-state index contributed by atoms with van der Waals surface area (Å²) in [5, 5.41) is 13.4. The lowest BCUT2D eigenvalue weighted by Gasteiger charge is -2.37. The summed E-state index contributed by atoms with van der Waals surface area (Å²) in [5.41, 5.74) is 9.16. The third-order valence-electron chi connectivity index (χ3n) is 7.14. The van der Waals surface area contributed by atoms with Crippen molar-refractivity contribution < 1.29 is 5.11 Å². The van der Waals surface area contributed by atoms with Gasteiger partial charge in [0.25, 0.3) is 0 Å². The molecule has 158 valence electrons. The number of rotatable bonds is 2. The highest BCUT2D eigenvalue weighted by molar-refractivity contribution is 6.03. The molecule has 2 aliphatic rings. The van der Waals surface area contributed by atoms with Gasteiger partial charge >= 0.3 is 0 Å². The number of anilines is 1. The van der Waals surface area contributed by atoms with E-state index in [4.69, 9.17) is 17.1 Å². The quantitative estimate of drug-likeness (QED) is 0.480. The van der Waals surface area contributed by atoms with Gasteiger partial charge in [0.1, 0.15) is 17.9 Å². The fourth-order valence-corrected chi connectivity index (χ4v) is 5.51. The second-order valence-corrected chi connectivity index (χ2v) is 8.87. The summed E-state index contributed by atoms with van der Waals surface area (Å²) < 4.78 is 0. The van der Waals surface area contributed by atoms with Crippen LogP contribution >= 0.6 is 0 Å². The molecule has 32 heavy (non-hydrogen) atoms. The van der Waals surface area contributed by atoms with Crippen LogP contribution in [0.1, 0.15) is 18.4 Å². The minimum atomic E-state index is 0.142. The fraction of sp³-hybridized carbons (Fsp3) is 0.269. The Morgan fingerprint density at radius 1 is 1.06 bits per heavy atom. The highest BCUT2D eigenvalue weighted by atomic mass is 16.3. The van der Waals surface area contributed by atoms with Gasteiger partial charge in [-0.05, 0) is 48.3 Å². The van der Waals surface area contributed by atoms with Crippen LogP contribution in [0, 0.1) is 24.2 Å². The third kappa shape index (κ3) is 2.82. The number of hydrogen-bond acceptors (Lipinski definition) is 6. The van der Waals surface area contributed by atoms with E-state index in [1.807, 2.05) is 36.5 Å². The van der Waals surface area contributed by atoms with Gasteiger partial charge in [-0.1, -0.05) is 24.1 Å². The van der Waals surface area contributed by atoms with Gasteiger partial charge < -0.3 is 15.7 Å². The number of phenols is 1. The van der Waals surface area contributed by atoms with E-state index in [0.29, 0.717) is 29.1 Å². The van der Waals surface area contributed by atoms with Gasteiger partial charge in [0.2, 0.25) is 0 Å². The van der Waals surface area contributed by atoms with Gasteiger partial charge in [0.15, 0.2) is 0 Å². The van der Waals surface area contributed by atoms with Crippen molar-refractivity contribution in [2.24, 2.45) is 17.6 Å². The molecule has 0 radical (unpaired) electrons. The second kappa shape index (κ2) is 7.18. The SMILES string of the molecule is C#Cc1cccc2ccc(O)c(-c3cc4ncnc(N5C[C@H]6CC[C@@H](C5)C6N)c4cn3)c12. The minimum Gasteiger partial charge on any atom is -0.507 e. The molecule has 3 N–H and O–H groups in total. The highest BCUT2D eigenvalue weighted by Gasteiger charge is 2.40. The van der Waals surface area contributed by atoms with Crippen LogP contribution in [0.5, 0.6) is 5.75 Å². The van der Waals surface area contributed by atoms with Crippen molar-refractivity contribution in [3.05, 3.63) is 54.5 Å². The molecule has 4 aromatic rings. The van der Waals surface area contributed by atoms with Crippen LogP contribution in [-0.2, 0) is 0 Å². The Labute approximate surface area is 186 Å². The van der Waals surface area contributed by atoms with Crippen molar-refractivity contribution in [2.45, 2.75) is 18.9 Å². The molecule has 0 spiro atoms. The smallest absolute Gasteiger partial charge is 0.141 e. The molecule has 0 amide bonds. The van der Waals surface area contributed by atoms with Crippen LogP contribution in [0.15, 0.2) is 48.9 Å². The van der Waals surface area contributed by atoms with E-state index in [1.54, 1.807) is 12.4 Å². The number of phenolic OH excluding ortho intramolecular Hbond substituents is 1. The Bertz CT molecular complexity index is 1400. The maximum absolute atomic E-state index is 10.7. The summed E-state index contributed by atoms with van der Waals surface area (Å²) in [7, 11) is 0. The lowest BCUT2D eigenvalue weighted by molar-refractivity contribution is 0.355. The lowest BCUT2D eigenvalue weighted by atomic mass is 9.93. The molecule has 1 aliphatic carbocycles. The summed E-state index contributed by atoms with van der Waals surface area (Å²) in [6, 6.07) is 11.5.